The van der Waals surface area contributed by atoms with Crippen LogP contribution in [0.25, 0.3) is 0 Å². The predicted octanol–water partition coefficient (Wildman–Crippen LogP) is 3.19. The first-order valence-electron chi connectivity index (χ1n) is 6.96. The number of hydrogen-bond acceptors (Lipinski definition) is 3. The summed E-state index contributed by atoms with van der Waals surface area (Å²) in [6.07, 6.45) is 2.59. The Morgan fingerprint density at radius 3 is 2.89 bits per heavy atom. The molecule has 1 aliphatic rings. The van der Waals surface area contributed by atoms with Crippen LogP contribution in [0.3, 0.4) is 0 Å². The molecule has 1 aromatic rings. The maximum Gasteiger partial charge on any atom is 0.136 e. The van der Waals surface area contributed by atoms with Crippen molar-refractivity contribution in [2.24, 2.45) is 5.92 Å². The minimum Gasteiger partial charge on any atom is -0.495 e. The summed E-state index contributed by atoms with van der Waals surface area (Å²) in [7, 11) is 1.60. The van der Waals surface area contributed by atoms with E-state index in [4.69, 9.17) is 10.00 Å². The van der Waals surface area contributed by atoms with Gasteiger partial charge in [0.2, 0.25) is 0 Å². The molecule has 0 saturated carbocycles. The Bertz CT molecular complexity index is 478. The van der Waals surface area contributed by atoms with Crippen molar-refractivity contribution in [2.45, 2.75) is 39.3 Å². The third kappa shape index (κ3) is 3.08. The fourth-order valence-electron chi connectivity index (χ4n) is 2.82. The van der Waals surface area contributed by atoms with Gasteiger partial charge in [-0.1, -0.05) is 13.0 Å². The van der Waals surface area contributed by atoms with Gasteiger partial charge in [-0.2, -0.15) is 5.26 Å². The minimum atomic E-state index is 0.612. The van der Waals surface area contributed by atoms with Crippen molar-refractivity contribution in [1.29, 1.82) is 5.26 Å². The normalized spacial score (nSPS) is 23.9. The van der Waals surface area contributed by atoms with Crippen LogP contribution >= 0.6 is 0 Å². The zero-order chi connectivity index (χ0) is 13.8. The quantitative estimate of drug-likeness (QED) is 0.835. The SMILES string of the molecule is COc1ccc(CN2CCCC(C)C2C)cc1C#N. The van der Waals surface area contributed by atoms with Crippen LogP contribution in [0.2, 0.25) is 0 Å². The largest absolute Gasteiger partial charge is 0.495 e. The summed E-state index contributed by atoms with van der Waals surface area (Å²) in [5, 5.41) is 9.13. The maximum atomic E-state index is 9.13. The third-order valence-electron chi connectivity index (χ3n) is 4.27. The van der Waals surface area contributed by atoms with Gasteiger partial charge in [-0.3, -0.25) is 4.90 Å². The summed E-state index contributed by atoms with van der Waals surface area (Å²) in [5.74, 6) is 1.41. The number of benzene rings is 1. The standard InChI is InChI=1S/C16H22N2O/c1-12-5-4-8-18(13(12)2)11-14-6-7-16(19-3)15(9-14)10-17/h6-7,9,12-13H,4-5,8,11H2,1-3H3. The van der Waals surface area contributed by atoms with Crippen LogP contribution in [0.5, 0.6) is 5.75 Å². The molecule has 1 aromatic carbocycles. The number of nitriles is 1. The highest BCUT2D eigenvalue weighted by molar-refractivity contribution is 5.45. The molecule has 2 rings (SSSR count). The Morgan fingerprint density at radius 1 is 1.42 bits per heavy atom. The van der Waals surface area contributed by atoms with Crippen LogP contribution in [-0.4, -0.2) is 24.6 Å². The number of hydrogen-bond donors (Lipinski definition) is 0. The van der Waals surface area contributed by atoms with Gasteiger partial charge in [0, 0.05) is 12.6 Å². The zero-order valence-electron chi connectivity index (χ0n) is 12.0. The lowest BCUT2D eigenvalue weighted by atomic mass is 9.91. The van der Waals surface area contributed by atoms with E-state index in [-0.39, 0.29) is 0 Å². The van der Waals surface area contributed by atoms with E-state index in [2.05, 4.69) is 30.9 Å². The van der Waals surface area contributed by atoms with Crippen molar-refractivity contribution in [3.8, 4) is 11.8 Å². The summed E-state index contributed by atoms with van der Waals surface area (Å²) in [5.41, 5.74) is 1.82. The highest BCUT2D eigenvalue weighted by Gasteiger charge is 2.24. The molecule has 0 aliphatic carbocycles. The molecule has 2 unspecified atom stereocenters. The van der Waals surface area contributed by atoms with Gasteiger partial charge >= 0.3 is 0 Å². The topological polar surface area (TPSA) is 36.3 Å². The smallest absolute Gasteiger partial charge is 0.136 e. The summed E-state index contributed by atoms with van der Waals surface area (Å²) in [6, 6.07) is 8.72. The zero-order valence-corrected chi connectivity index (χ0v) is 12.0. The van der Waals surface area contributed by atoms with Crippen molar-refractivity contribution < 1.29 is 4.74 Å². The predicted molar refractivity (Wildman–Crippen MR) is 76.0 cm³/mol. The van der Waals surface area contributed by atoms with Gasteiger partial charge in [-0.25, -0.2) is 0 Å². The van der Waals surface area contributed by atoms with Crippen LogP contribution in [0, 0.1) is 17.2 Å². The number of rotatable bonds is 3. The number of nitrogens with zero attached hydrogens (tertiary/aromatic N) is 2. The first-order chi connectivity index (χ1) is 9.15. The maximum absolute atomic E-state index is 9.13. The Kier molecular flexibility index (Phi) is 4.44. The monoisotopic (exact) mass is 258 g/mol. The van der Waals surface area contributed by atoms with Gasteiger partial charge in [0.25, 0.3) is 0 Å². The van der Waals surface area contributed by atoms with Crippen molar-refractivity contribution in [3.05, 3.63) is 29.3 Å². The Balaban J connectivity index is 2.13. The molecular formula is C16H22N2O. The van der Waals surface area contributed by atoms with Crippen molar-refractivity contribution in [1.82, 2.24) is 4.90 Å². The second kappa shape index (κ2) is 6.08. The third-order valence-corrected chi connectivity index (χ3v) is 4.27. The first kappa shape index (κ1) is 13.9. The van der Waals surface area contributed by atoms with Gasteiger partial charge in [-0.15, -0.1) is 0 Å². The molecule has 0 aromatic heterocycles. The van der Waals surface area contributed by atoms with Crippen molar-refractivity contribution >= 4 is 0 Å². The van der Waals surface area contributed by atoms with Crippen molar-refractivity contribution in [3.63, 3.8) is 0 Å². The van der Waals surface area contributed by atoms with E-state index >= 15 is 0 Å². The molecule has 0 bridgehead atoms. The van der Waals surface area contributed by atoms with Crippen LogP contribution in [0.4, 0.5) is 0 Å². The molecule has 3 heteroatoms. The number of likely N-dealkylation sites (tertiary alicyclic amines) is 1. The molecule has 2 atom stereocenters. The lowest BCUT2D eigenvalue weighted by Gasteiger charge is -2.38. The number of piperidine rings is 1. The summed E-state index contributed by atoms with van der Waals surface area (Å²) >= 11 is 0. The molecule has 1 saturated heterocycles. The first-order valence-corrected chi connectivity index (χ1v) is 6.96. The molecule has 3 nitrogen and oxygen atoms in total. The molecule has 0 amide bonds. The van der Waals surface area contributed by atoms with E-state index in [1.54, 1.807) is 7.11 Å². The second-order valence-corrected chi connectivity index (χ2v) is 5.48. The van der Waals surface area contributed by atoms with E-state index < -0.39 is 0 Å². The minimum absolute atomic E-state index is 0.612. The fraction of sp³-hybridized carbons (Fsp3) is 0.562. The van der Waals surface area contributed by atoms with Crippen LogP contribution in [0.1, 0.15) is 37.8 Å². The van der Waals surface area contributed by atoms with E-state index in [1.807, 2.05) is 12.1 Å². The molecule has 0 N–H and O–H groups in total. The van der Waals surface area contributed by atoms with Gasteiger partial charge in [-0.05, 0) is 49.9 Å². The lowest BCUT2D eigenvalue weighted by molar-refractivity contribution is 0.106. The highest BCUT2D eigenvalue weighted by atomic mass is 16.5. The molecule has 0 radical (unpaired) electrons. The van der Waals surface area contributed by atoms with E-state index in [9.17, 15) is 0 Å². The van der Waals surface area contributed by atoms with Gasteiger partial charge in [0.15, 0.2) is 0 Å². The molecule has 102 valence electrons. The van der Waals surface area contributed by atoms with Gasteiger partial charge in [0.05, 0.1) is 12.7 Å². The van der Waals surface area contributed by atoms with Crippen LogP contribution < -0.4 is 4.74 Å². The van der Waals surface area contributed by atoms with E-state index in [1.165, 1.54) is 18.4 Å². The molecule has 19 heavy (non-hydrogen) atoms. The Labute approximate surface area is 115 Å². The highest BCUT2D eigenvalue weighted by Crippen LogP contribution is 2.26. The summed E-state index contributed by atoms with van der Waals surface area (Å²) in [6.45, 7) is 6.70. The second-order valence-electron chi connectivity index (χ2n) is 5.48. The van der Waals surface area contributed by atoms with Crippen molar-refractivity contribution in [2.75, 3.05) is 13.7 Å². The summed E-state index contributed by atoms with van der Waals surface area (Å²) < 4.78 is 5.18. The average molecular weight is 258 g/mol. The summed E-state index contributed by atoms with van der Waals surface area (Å²) in [4.78, 5) is 2.51. The number of ether oxygens (including phenoxy) is 1. The lowest BCUT2D eigenvalue weighted by Crippen LogP contribution is -2.41. The molecule has 1 heterocycles. The fourth-order valence-corrected chi connectivity index (χ4v) is 2.82. The molecule has 1 fully saturated rings. The van der Waals surface area contributed by atoms with Gasteiger partial charge < -0.3 is 4.74 Å². The average Bonchev–Trinajstić information content (AvgIpc) is 2.43. The number of methoxy groups -OCH3 is 1. The Morgan fingerprint density at radius 2 is 2.21 bits per heavy atom. The van der Waals surface area contributed by atoms with Crippen LogP contribution in [-0.2, 0) is 6.54 Å². The molecule has 1 aliphatic heterocycles. The van der Waals surface area contributed by atoms with E-state index in [0.717, 1.165) is 19.0 Å². The molecule has 0 spiro atoms. The van der Waals surface area contributed by atoms with Gasteiger partial charge in [0.1, 0.15) is 11.8 Å². The Hall–Kier alpha value is -1.53. The molecular weight excluding hydrogens is 236 g/mol. The van der Waals surface area contributed by atoms with Crippen LogP contribution in [0.15, 0.2) is 18.2 Å². The van der Waals surface area contributed by atoms with E-state index in [0.29, 0.717) is 17.4 Å².